The number of amides is 1. The number of carbonyl (C=O) groups is 1. The van der Waals surface area contributed by atoms with E-state index in [0.717, 1.165) is 32.4 Å². The summed E-state index contributed by atoms with van der Waals surface area (Å²) in [5, 5.41) is 2.89. The summed E-state index contributed by atoms with van der Waals surface area (Å²) in [4.78, 5) is 25.8. The molecule has 2 heterocycles. The lowest BCUT2D eigenvalue weighted by Gasteiger charge is -2.26. The number of piperidine rings is 1. The summed E-state index contributed by atoms with van der Waals surface area (Å²) in [6, 6.07) is 0.178. The summed E-state index contributed by atoms with van der Waals surface area (Å²) in [6.45, 7) is 4.29. The van der Waals surface area contributed by atoms with Crippen molar-refractivity contribution >= 4 is 17.8 Å². The highest BCUT2D eigenvalue weighted by Gasteiger charge is 2.16. The molecule has 3 N–H and O–H groups in total. The van der Waals surface area contributed by atoms with E-state index in [0.29, 0.717) is 6.61 Å². The summed E-state index contributed by atoms with van der Waals surface area (Å²) in [5.74, 6) is 0.382. The molecule has 0 spiro atoms. The van der Waals surface area contributed by atoms with Gasteiger partial charge in [-0.05, 0) is 25.7 Å². The normalized spacial score (nSPS) is 14.8. The van der Waals surface area contributed by atoms with Crippen LogP contribution in [0.2, 0.25) is 0 Å². The molecule has 1 saturated heterocycles. The van der Waals surface area contributed by atoms with Crippen LogP contribution in [0.4, 0.5) is 11.9 Å². The van der Waals surface area contributed by atoms with Crippen LogP contribution in [0, 0.1) is 0 Å². The number of carbonyl (C=O) groups excluding carboxylic acids is 1. The maximum absolute atomic E-state index is 12.0. The fourth-order valence-corrected chi connectivity index (χ4v) is 2.12. The van der Waals surface area contributed by atoms with Crippen LogP contribution in [-0.2, 0) is 4.79 Å². The lowest BCUT2D eigenvalue weighted by molar-refractivity contribution is -0.130. The van der Waals surface area contributed by atoms with Crippen molar-refractivity contribution in [2.75, 3.05) is 37.3 Å². The number of hydrogen-bond donors (Lipinski definition) is 2. The van der Waals surface area contributed by atoms with Crippen molar-refractivity contribution in [1.29, 1.82) is 0 Å². The average Bonchev–Trinajstić information content (AvgIpc) is 2.51. The number of nitrogens with zero attached hydrogens (tertiary/aromatic N) is 4. The predicted molar refractivity (Wildman–Crippen MR) is 78.9 cm³/mol. The highest BCUT2D eigenvalue weighted by Crippen LogP contribution is 2.11. The molecule has 0 atom stereocenters. The molecular weight excluding hydrogens is 272 g/mol. The van der Waals surface area contributed by atoms with Gasteiger partial charge < -0.3 is 20.7 Å². The number of anilines is 2. The van der Waals surface area contributed by atoms with Crippen molar-refractivity contribution < 1.29 is 9.53 Å². The molecular formula is C13H22N6O2. The quantitative estimate of drug-likeness (QED) is 0.794. The van der Waals surface area contributed by atoms with Crippen LogP contribution in [0.3, 0.4) is 0 Å². The minimum absolute atomic E-state index is 0.0460. The second kappa shape index (κ2) is 7.61. The maximum atomic E-state index is 12.0. The average molecular weight is 294 g/mol. The third-order valence-corrected chi connectivity index (χ3v) is 3.17. The topological polar surface area (TPSA) is 106 Å². The van der Waals surface area contributed by atoms with E-state index in [1.54, 1.807) is 0 Å². The Hall–Kier alpha value is -2.12. The molecule has 2 rings (SSSR count). The number of hydrogen-bond acceptors (Lipinski definition) is 7. The number of ether oxygens (including phenoxy) is 1. The van der Waals surface area contributed by atoms with Crippen molar-refractivity contribution in [2.24, 2.45) is 0 Å². The van der Waals surface area contributed by atoms with Gasteiger partial charge in [-0.1, -0.05) is 6.92 Å². The van der Waals surface area contributed by atoms with E-state index in [2.05, 4.69) is 20.3 Å². The lowest BCUT2D eigenvalue weighted by Crippen LogP contribution is -2.39. The van der Waals surface area contributed by atoms with Gasteiger partial charge in [0.1, 0.15) is 0 Å². The molecule has 1 aliphatic rings. The Bertz CT molecular complexity index is 476. The van der Waals surface area contributed by atoms with Crippen LogP contribution in [-0.4, -0.2) is 52.0 Å². The maximum Gasteiger partial charge on any atom is 0.323 e. The minimum Gasteiger partial charge on any atom is -0.463 e. The highest BCUT2D eigenvalue weighted by atomic mass is 16.5. The van der Waals surface area contributed by atoms with Gasteiger partial charge in [0.15, 0.2) is 0 Å². The molecule has 0 radical (unpaired) electrons. The molecule has 8 nitrogen and oxygen atoms in total. The molecule has 1 aromatic rings. The zero-order valence-electron chi connectivity index (χ0n) is 12.3. The molecule has 1 aromatic heterocycles. The molecule has 0 saturated carbocycles. The van der Waals surface area contributed by atoms with Gasteiger partial charge in [0.25, 0.3) is 0 Å². The standard InChI is InChI=1S/C13H22N6O2/c1-2-8-21-13-17-11(14)16-12(18-13)15-9-10(20)19-6-4-3-5-7-19/h2-9H2,1H3,(H3,14,15,16,17,18). The molecule has 1 aliphatic heterocycles. The summed E-state index contributed by atoms with van der Waals surface area (Å²) in [6.07, 6.45) is 4.18. The zero-order valence-corrected chi connectivity index (χ0v) is 12.3. The predicted octanol–water partition coefficient (Wildman–Crippen LogP) is 0.667. The largest absolute Gasteiger partial charge is 0.463 e. The van der Waals surface area contributed by atoms with Crippen LogP contribution >= 0.6 is 0 Å². The molecule has 1 amide bonds. The SMILES string of the molecule is CCCOc1nc(N)nc(NCC(=O)N2CCCCC2)n1. The first-order valence-electron chi connectivity index (χ1n) is 7.35. The minimum atomic E-state index is 0.0460. The third-order valence-electron chi connectivity index (χ3n) is 3.17. The number of nitrogens with one attached hydrogen (secondary N) is 1. The van der Waals surface area contributed by atoms with Crippen molar-refractivity contribution in [3.05, 3.63) is 0 Å². The van der Waals surface area contributed by atoms with Crippen LogP contribution in [0.1, 0.15) is 32.6 Å². The van der Waals surface area contributed by atoms with Gasteiger partial charge in [-0.2, -0.15) is 15.0 Å². The Morgan fingerprint density at radius 1 is 1.29 bits per heavy atom. The first-order valence-corrected chi connectivity index (χ1v) is 7.35. The second-order valence-electron chi connectivity index (χ2n) is 4.94. The number of likely N-dealkylation sites (tertiary alicyclic amines) is 1. The highest BCUT2D eigenvalue weighted by molar-refractivity contribution is 5.80. The van der Waals surface area contributed by atoms with E-state index in [4.69, 9.17) is 10.5 Å². The van der Waals surface area contributed by atoms with Gasteiger partial charge >= 0.3 is 6.01 Å². The molecule has 0 aromatic carbocycles. The first-order chi connectivity index (χ1) is 10.2. The second-order valence-corrected chi connectivity index (χ2v) is 4.94. The summed E-state index contributed by atoms with van der Waals surface area (Å²) < 4.78 is 5.32. The molecule has 0 bridgehead atoms. The fraction of sp³-hybridized carbons (Fsp3) is 0.692. The van der Waals surface area contributed by atoms with Gasteiger partial charge in [-0.25, -0.2) is 0 Å². The first kappa shape index (κ1) is 15.3. The van der Waals surface area contributed by atoms with Crippen molar-refractivity contribution in [1.82, 2.24) is 19.9 Å². The van der Waals surface area contributed by atoms with Gasteiger partial charge in [0.05, 0.1) is 13.2 Å². The van der Waals surface area contributed by atoms with Gasteiger partial charge in [-0.15, -0.1) is 0 Å². The Morgan fingerprint density at radius 3 is 2.76 bits per heavy atom. The van der Waals surface area contributed by atoms with Crippen LogP contribution < -0.4 is 15.8 Å². The van der Waals surface area contributed by atoms with Gasteiger partial charge in [-0.3, -0.25) is 4.79 Å². The Kier molecular flexibility index (Phi) is 5.53. The number of nitrogens with two attached hydrogens (primary N) is 1. The van der Waals surface area contributed by atoms with E-state index < -0.39 is 0 Å². The van der Waals surface area contributed by atoms with Gasteiger partial charge in [0, 0.05) is 13.1 Å². The van der Waals surface area contributed by atoms with Crippen molar-refractivity contribution in [3.8, 4) is 6.01 Å². The summed E-state index contributed by atoms with van der Waals surface area (Å²) in [5.41, 5.74) is 5.60. The van der Waals surface area contributed by atoms with E-state index >= 15 is 0 Å². The van der Waals surface area contributed by atoms with Crippen LogP contribution in [0.15, 0.2) is 0 Å². The van der Waals surface area contributed by atoms with Crippen LogP contribution in [0.25, 0.3) is 0 Å². The number of rotatable bonds is 6. The van der Waals surface area contributed by atoms with E-state index in [-0.39, 0.29) is 30.4 Å². The Labute approximate surface area is 124 Å². The van der Waals surface area contributed by atoms with Crippen molar-refractivity contribution in [3.63, 3.8) is 0 Å². The van der Waals surface area contributed by atoms with Crippen molar-refractivity contribution in [2.45, 2.75) is 32.6 Å². The third kappa shape index (κ3) is 4.73. The smallest absolute Gasteiger partial charge is 0.323 e. The lowest BCUT2D eigenvalue weighted by atomic mass is 10.1. The van der Waals surface area contributed by atoms with E-state index in [9.17, 15) is 4.79 Å². The number of nitrogen functional groups attached to an aromatic ring is 1. The summed E-state index contributed by atoms with van der Waals surface area (Å²) >= 11 is 0. The molecule has 8 heteroatoms. The Morgan fingerprint density at radius 2 is 2.05 bits per heavy atom. The molecule has 116 valence electrons. The monoisotopic (exact) mass is 294 g/mol. The van der Waals surface area contributed by atoms with E-state index in [1.165, 1.54) is 6.42 Å². The zero-order chi connectivity index (χ0) is 15.1. The Balaban J connectivity index is 1.89. The van der Waals surface area contributed by atoms with Gasteiger partial charge in [0.2, 0.25) is 17.8 Å². The molecule has 0 aliphatic carbocycles. The molecule has 1 fully saturated rings. The van der Waals surface area contributed by atoms with Crippen LogP contribution in [0.5, 0.6) is 6.01 Å². The van der Waals surface area contributed by atoms with E-state index in [1.807, 2.05) is 11.8 Å². The number of aromatic nitrogens is 3. The summed E-state index contributed by atoms with van der Waals surface area (Å²) in [7, 11) is 0. The fourth-order valence-electron chi connectivity index (χ4n) is 2.12. The molecule has 0 unspecified atom stereocenters. The molecule has 21 heavy (non-hydrogen) atoms.